The van der Waals surface area contributed by atoms with Gasteiger partial charge in [0.25, 0.3) is 0 Å². The number of benzene rings is 2. The van der Waals surface area contributed by atoms with Crippen LogP contribution in [0.1, 0.15) is 34.5 Å². The first-order valence-corrected chi connectivity index (χ1v) is 8.10. The summed E-state index contributed by atoms with van der Waals surface area (Å²) < 4.78 is 0. The fourth-order valence-corrected chi connectivity index (χ4v) is 4.61. The van der Waals surface area contributed by atoms with Gasteiger partial charge < -0.3 is 5.11 Å². The lowest BCUT2D eigenvalue weighted by Crippen LogP contribution is -2.34. The summed E-state index contributed by atoms with van der Waals surface area (Å²) >= 11 is 1.90. The zero-order valence-electron chi connectivity index (χ0n) is 11.8. The Morgan fingerprint density at radius 3 is 1.71 bits per heavy atom. The molecule has 1 nitrogen and oxygen atoms in total. The van der Waals surface area contributed by atoms with Crippen LogP contribution in [0.3, 0.4) is 0 Å². The van der Waals surface area contributed by atoms with Crippen LogP contribution in [0.4, 0.5) is 0 Å². The second-order valence-electron chi connectivity index (χ2n) is 5.52. The van der Waals surface area contributed by atoms with E-state index >= 15 is 0 Å². The summed E-state index contributed by atoms with van der Waals surface area (Å²) in [6.45, 7) is 0. The van der Waals surface area contributed by atoms with Gasteiger partial charge in [-0.25, -0.2) is 0 Å². The summed E-state index contributed by atoms with van der Waals surface area (Å²) in [5, 5.41) is 11.1. The van der Waals surface area contributed by atoms with E-state index in [1.807, 2.05) is 48.2 Å². The molecule has 3 rings (SSSR count). The molecule has 106 valence electrons. The molecule has 2 aromatic rings. The van der Waals surface area contributed by atoms with Gasteiger partial charge in [-0.2, -0.15) is 0 Å². The van der Waals surface area contributed by atoms with Crippen LogP contribution in [-0.4, -0.2) is 10.7 Å². The monoisotopic (exact) mass is 294 g/mol. The quantitative estimate of drug-likeness (QED) is 0.830. The van der Waals surface area contributed by atoms with Crippen LogP contribution in [-0.2, 0) is 0 Å². The van der Waals surface area contributed by atoms with Gasteiger partial charge in [0, 0.05) is 23.3 Å². The molecule has 0 radical (unpaired) electrons. The van der Waals surface area contributed by atoms with Crippen molar-refractivity contribution in [3.8, 4) is 12.3 Å². The van der Waals surface area contributed by atoms with E-state index in [-0.39, 0.29) is 10.5 Å². The third-order valence-electron chi connectivity index (χ3n) is 3.99. The van der Waals surface area contributed by atoms with Gasteiger partial charge >= 0.3 is 0 Å². The van der Waals surface area contributed by atoms with E-state index in [4.69, 9.17) is 6.42 Å². The minimum atomic E-state index is -1.02. The molecule has 0 bridgehead atoms. The maximum Gasteiger partial charge on any atom is 0.128 e. The van der Waals surface area contributed by atoms with Crippen molar-refractivity contribution in [2.45, 2.75) is 28.9 Å². The van der Waals surface area contributed by atoms with Gasteiger partial charge in [-0.05, 0) is 11.1 Å². The first kappa shape index (κ1) is 14.3. The van der Waals surface area contributed by atoms with Crippen LogP contribution >= 0.6 is 11.8 Å². The standard InChI is InChI=1S/C19H18OS/c1-2-19(20)13-17(15-9-5-3-6-10-15)21-18(14-19)16-11-7-4-8-12-16/h1,3-12,17-18,20H,13-14H2/t17-,18+,19?. The van der Waals surface area contributed by atoms with Crippen LogP contribution in [0.25, 0.3) is 0 Å². The second-order valence-corrected chi connectivity index (χ2v) is 6.93. The Balaban J connectivity index is 1.92. The zero-order chi connectivity index (χ0) is 14.7. The molecule has 1 fully saturated rings. The molecule has 1 N–H and O–H groups in total. The van der Waals surface area contributed by atoms with Crippen molar-refractivity contribution < 1.29 is 5.11 Å². The highest BCUT2D eigenvalue weighted by Crippen LogP contribution is 2.53. The molecule has 2 heteroatoms. The molecule has 1 aliphatic rings. The number of hydrogen-bond acceptors (Lipinski definition) is 2. The van der Waals surface area contributed by atoms with Crippen molar-refractivity contribution in [2.24, 2.45) is 0 Å². The molecule has 21 heavy (non-hydrogen) atoms. The van der Waals surface area contributed by atoms with Gasteiger partial charge in [0.15, 0.2) is 0 Å². The molecule has 1 heterocycles. The molecular formula is C19H18OS. The van der Waals surface area contributed by atoms with E-state index in [1.165, 1.54) is 11.1 Å². The number of aliphatic hydroxyl groups is 1. The van der Waals surface area contributed by atoms with E-state index in [0.29, 0.717) is 12.8 Å². The van der Waals surface area contributed by atoms with Crippen LogP contribution < -0.4 is 0 Å². The van der Waals surface area contributed by atoms with Crippen molar-refractivity contribution >= 4 is 11.8 Å². The Labute approximate surface area is 130 Å². The summed E-state index contributed by atoms with van der Waals surface area (Å²) in [5.74, 6) is 2.62. The van der Waals surface area contributed by atoms with E-state index in [0.717, 1.165) is 0 Å². The average molecular weight is 294 g/mol. The number of thioether (sulfide) groups is 1. The summed E-state index contributed by atoms with van der Waals surface area (Å²) in [6.07, 6.45) is 6.83. The van der Waals surface area contributed by atoms with Crippen LogP contribution in [0.15, 0.2) is 60.7 Å². The maximum atomic E-state index is 10.7. The molecular weight excluding hydrogens is 276 g/mol. The van der Waals surface area contributed by atoms with E-state index in [1.54, 1.807) is 0 Å². The summed E-state index contributed by atoms with van der Waals surface area (Å²) in [5.41, 5.74) is 1.44. The third-order valence-corrected chi connectivity index (χ3v) is 5.52. The van der Waals surface area contributed by atoms with Gasteiger partial charge in [-0.3, -0.25) is 0 Å². The van der Waals surface area contributed by atoms with Crippen molar-refractivity contribution in [2.75, 3.05) is 0 Å². The lowest BCUT2D eigenvalue weighted by atomic mass is 9.88. The molecule has 1 unspecified atom stereocenters. The van der Waals surface area contributed by atoms with Gasteiger partial charge in [0.1, 0.15) is 5.60 Å². The Bertz CT molecular complexity index is 582. The fraction of sp³-hybridized carbons (Fsp3) is 0.263. The van der Waals surface area contributed by atoms with E-state index in [9.17, 15) is 5.11 Å². The predicted octanol–water partition coefficient (Wildman–Crippen LogP) is 4.36. The van der Waals surface area contributed by atoms with Crippen molar-refractivity contribution in [1.29, 1.82) is 0 Å². The molecule has 0 amide bonds. The lowest BCUT2D eigenvalue weighted by Gasteiger charge is -2.38. The summed E-state index contributed by atoms with van der Waals surface area (Å²) in [6, 6.07) is 20.6. The van der Waals surface area contributed by atoms with Gasteiger partial charge in [-0.15, -0.1) is 18.2 Å². The predicted molar refractivity (Wildman–Crippen MR) is 89.0 cm³/mol. The molecule has 3 atom stereocenters. The topological polar surface area (TPSA) is 20.2 Å². The minimum Gasteiger partial charge on any atom is -0.378 e. The number of rotatable bonds is 2. The zero-order valence-corrected chi connectivity index (χ0v) is 12.6. The molecule has 2 aromatic carbocycles. The highest BCUT2D eigenvalue weighted by Gasteiger charge is 2.39. The minimum absolute atomic E-state index is 0.228. The molecule has 0 saturated carbocycles. The molecule has 0 aliphatic carbocycles. The maximum absolute atomic E-state index is 10.7. The first-order valence-electron chi connectivity index (χ1n) is 7.16. The van der Waals surface area contributed by atoms with Crippen molar-refractivity contribution in [1.82, 2.24) is 0 Å². The molecule has 0 aromatic heterocycles. The Morgan fingerprint density at radius 2 is 1.33 bits per heavy atom. The largest absolute Gasteiger partial charge is 0.378 e. The second kappa shape index (κ2) is 5.97. The normalized spacial score (nSPS) is 28.8. The first-order chi connectivity index (χ1) is 10.2. The van der Waals surface area contributed by atoms with Gasteiger partial charge in [0.05, 0.1) is 0 Å². The Hall–Kier alpha value is -1.69. The highest BCUT2D eigenvalue weighted by molar-refractivity contribution is 7.99. The van der Waals surface area contributed by atoms with Crippen LogP contribution in [0.5, 0.6) is 0 Å². The lowest BCUT2D eigenvalue weighted by molar-refractivity contribution is 0.0766. The number of hydrogen-bond donors (Lipinski definition) is 1. The van der Waals surface area contributed by atoms with Gasteiger partial charge in [0.2, 0.25) is 0 Å². The summed E-state index contributed by atoms with van der Waals surface area (Å²) in [4.78, 5) is 0. The fourth-order valence-electron chi connectivity index (χ4n) is 2.84. The molecule has 1 saturated heterocycles. The smallest absolute Gasteiger partial charge is 0.128 e. The highest BCUT2D eigenvalue weighted by atomic mass is 32.2. The summed E-state index contributed by atoms with van der Waals surface area (Å²) in [7, 11) is 0. The molecule has 0 spiro atoms. The van der Waals surface area contributed by atoms with Crippen molar-refractivity contribution in [3.05, 3.63) is 71.8 Å². The number of terminal acetylenes is 1. The SMILES string of the molecule is C#CC1(O)C[C@@H](c2ccccc2)S[C@@H](c2ccccc2)C1. The van der Waals surface area contributed by atoms with Crippen molar-refractivity contribution in [3.63, 3.8) is 0 Å². The Morgan fingerprint density at radius 1 is 0.905 bits per heavy atom. The molecule has 1 aliphatic heterocycles. The third kappa shape index (κ3) is 3.15. The van der Waals surface area contributed by atoms with Gasteiger partial charge in [-0.1, -0.05) is 66.6 Å². The van der Waals surface area contributed by atoms with E-state index in [2.05, 4.69) is 30.2 Å². The Kier molecular flexibility index (Phi) is 4.05. The average Bonchev–Trinajstić information content (AvgIpc) is 2.56. The van der Waals surface area contributed by atoms with Crippen LogP contribution in [0.2, 0.25) is 0 Å². The van der Waals surface area contributed by atoms with E-state index < -0.39 is 5.60 Å². The van der Waals surface area contributed by atoms with Crippen LogP contribution in [0, 0.1) is 12.3 Å².